The first-order valence-corrected chi connectivity index (χ1v) is 10.4. The third kappa shape index (κ3) is 3.01. The second kappa shape index (κ2) is 6.91. The number of nitrogens with one attached hydrogen (secondary N) is 1. The third-order valence-corrected chi connectivity index (χ3v) is 6.19. The number of para-hydroxylation sites is 2. The van der Waals surface area contributed by atoms with E-state index in [0.717, 1.165) is 59.1 Å². The monoisotopic (exact) mass is 391 g/mol. The van der Waals surface area contributed by atoms with Gasteiger partial charge in [-0.05, 0) is 31.0 Å². The lowest BCUT2D eigenvalue weighted by molar-refractivity contribution is 0.0788. The molecule has 1 aliphatic heterocycles. The standard InChI is InChI=1S/C21H21N5OS/c1-25-18-7-3-2-6-15(18)23-19(25)11-20-24-17(13-28-20)14-10-16(22-12-14)21(27)26-8-4-5-9-26/h2-3,6-7,10,12-13,22H,4-5,8-9,11H2,1H3. The minimum atomic E-state index is 0.0823. The van der Waals surface area contributed by atoms with Crippen LogP contribution in [0.3, 0.4) is 0 Å². The average molecular weight is 392 g/mol. The summed E-state index contributed by atoms with van der Waals surface area (Å²) in [6.45, 7) is 1.71. The Hall–Kier alpha value is -2.93. The van der Waals surface area contributed by atoms with E-state index in [-0.39, 0.29) is 5.91 Å². The Balaban J connectivity index is 1.36. The topological polar surface area (TPSA) is 66.8 Å². The number of hydrogen-bond donors (Lipinski definition) is 1. The van der Waals surface area contributed by atoms with Gasteiger partial charge in [0.15, 0.2) is 0 Å². The fourth-order valence-electron chi connectivity index (χ4n) is 3.77. The van der Waals surface area contributed by atoms with Crippen molar-refractivity contribution in [2.24, 2.45) is 7.05 Å². The van der Waals surface area contributed by atoms with Crippen LogP contribution in [0.15, 0.2) is 41.9 Å². The van der Waals surface area contributed by atoms with Crippen LogP contribution in [-0.4, -0.2) is 43.4 Å². The summed E-state index contributed by atoms with van der Waals surface area (Å²) >= 11 is 1.63. The number of thiazole rings is 1. The van der Waals surface area contributed by atoms with Gasteiger partial charge in [0.25, 0.3) is 5.91 Å². The number of carbonyl (C=O) groups excluding carboxylic acids is 1. The molecule has 0 aliphatic carbocycles. The van der Waals surface area contributed by atoms with Gasteiger partial charge in [-0.25, -0.2) is 9.97 Å². The molecule has 4 aromatic rings. The molecular weight excluding hydrogens is 370 g/mol. The molecule has 1 aromatic carbocycles. The van der Waals surface area contributed by atoms with E-state index in [4.69, 9.17) is 9.97 Å². The van der Waals surface area contributed by atoms with Crippen LogP contribution < -0.4 is 0 Å². The van der Waals surface area contributed by atoms with Crippen molar-refractivity contribution in [3.05, 3.63) is 58.4 Å². The number of aromatic amines is 1. The van der Waals surface area contributed by atoms with Gasteiger partial charge < -0.3 is 14.5 Å². The molecule has 1 amide bonds. The van der Waals surface area contributed by atoms with Gasteiger partial charge in [0.2, 0.25) is 0 Å². The number of fused-ring (bicyclic) bond motifs is 1. The highest BCUT2D eigenvalue weighted by atomic mass is 32.1. The summed E-state index contributed by atoms with van der Waals surface area (Å²) < 4.78 is 2.12. The van der Waals surface area contributed by atoms with Gasteiger partial charge in [0, 0.05) is 37.3 Å². The molecule has 0 radical (unpaired) electrons. The number of imidazole rings is 1. The Kier molecular flexibility index (Phi) is 4.24. The van der Waals surface area contributed by atoms with Crippen LogP contribution in [0.4, 0.5) is 0 Å². The molecular formula is C21H21N5OS. The van der Waals surface area contributed by atoms with Crippen molar-refractivity contribution in [2.75, 3.05) is 13.1 Å². The van der Waals surface area contributed by atoms with Crippen molar-refractivity contribution in [1.82, 2.24) is 24.4 Å². The van der Waals surface area contributed by atoms with Gasteiger partial charge in [-0.1, -0.05) is 12.1 Å². The maximum Gasteiger partial charge on any atom is 0.270 e. The quantitative estimate of drug-likeness (QED) is 0.575. The zero-order valence-corrected chi connectivity index (χ0v) is 16.5. The largest absolute Gasteiger partial charge is 0.357 e. The second-order valence-electron chi connectivity index (χ2n) is 7.18. The lowest BCUT2D eigenvalue weighted by Gasteiger charge is -2.13. The summed E-state index contributed by atoms with van der Waals surface area (Å²) in [6.07, 6.45) is 4.75. The third-order valence-electron chi connectivity index (χ3n) is 5.34. The predicted octanol–water partition coefficient (Wildman–Crippen LogP) is 3.85. The number of benzene rings is 1. The second-order valence-corrected chi connectivity index (χ2v) is 8.12. The van der Waals surface area contributed by atoms with Crippen LogP contribution in [-0.2, 0) is 13.5 Å². The highest BCUT2D eigenvalue weighted by molar-refractivity contribution is 7.10. The summed E-state index contributed by atoms with van der Waals surface area (Å²) in [5.74, 6) is 1.08. The molecule has 28 heavy (non-hydrogen) atoms. The lowest BCUT2D eigenvalue weighted by atomic mass is 10.2. The van der Waals surface area contributed by atoms with Crippen LogP contribution in [0, 0.1) is 0 Å². The zero-order valence-electron chi connectivity index (χ0n) is 15.7. The summed E-state index contributed by atoms with van der Waals surface area (Å²) in [4.78, 5) is 27.1. The van der Waals surface area contributed by atoms with Crippen molar-refractivity contribution in [3.8, 4) is 11.3 Å². The van der Waals surface area contributed by atoms with Crippen LogP contribution in [0.5, 0.6) is 0 Å². The van der Waals surface area contributed by atoms with Gasteiger partial charge >= 0.3 is 0 Å². The molecule has 7 heteroatoms. The number of nitrogens with zero attached hydrogens (tertiary/aromatic N) is 4. The molecule has 0 unspecified atom stereocenters. The first-order valence-electron chi connectivity index (χ1n) is 9.52. The molecule has 0 atom stereocenters. The summed E-state index contributed by atoms with van der Waals surface area (Å²) in [6, 6.07) is 10.1. The number of carbonyl (C=O) groups is 1. The number of H-pyrrole nitrogens is 1. The SMILES string of the molecule is Cn1c(Cc2nc(-c3c[nH]c(C(=O)N4CCCC4)c3)cs2)nc2ccccc21. The minimum absolute atomic E-state index is 0.0823. The number of hydrogen-bond acceptors (Lipinski definition) is 4. The van der Waals surface area contributed by atoms with E-state index in [9.17, 15) is 4.79 Å². The van der Waals surface area contributed by atoms with Crippen molar-refractivity contribution in [2.45, 2.75) is 19.3 Å². The smallest absolute Gasteiger partial charge is 0.270 e. The van der Waals surface area contributed by atoms with E-state index in [1.54, 1.807) is 11.3 Å². The highest BCUT2D eigenvalue weighted by Gasteiger charge is 2.21. The molecule has 142 valence electrons. The fraction of sp³-hybridized carbons (Fsp3) is 0.286. The van der Waals surface area contributed by atoms with E-state index < -0.39 is 0 Å². The first kappa shape index (κ1) is 17.2. The van der Waals surface area contributed by atoms with Crippen molar-refractivity contribution < 1.29 is 4.79 Å². The number of likely N-dealkylation sites (tertiary alicyclic amines) is 1. The molecule has 1 fully saturated rings. The van der Waals surface area contributed by atoms with Crippen molar-refractivity contribution >= 4 is 28.3 Å². The zero-order chi connectivity index (χ0) is 19.1. The van der Waals surface area contributed by atoms with Crippen LogP contribution in [0.1, 0.15) is 34.2 Å². The van der Waals surface area contributed by atoms with E-state index in [1.165, 1.54) is 0 Å². The fourth-order valence-corrected chi connectivity index (χ4v) is 4.57. The Labute approximate surface area is 166 Å². The molecule has 4 heterocycles. The maximum absolute atomic E-state index is 12.5. The Morgan fingerprint density at radius 1 is 1.21 bits per heavy atom. The highest BCUT2D eigenvalue weighted by Crippen LogP contribution is 2.26. The summed E-state index contributed by atoms with van der Waals surface area (Å²) in [5, 5.41) is 3.06. The van der Waals surface area contributed by atoms with Crippen molar-refractivity contribution in [3.63, 3.8) is 0 Å². The molecule has 1 N–H and O–H groups in total. The van der Waals surface area contributed by atoms with E-state index in [1.807, 2.05) is 47.8 Å². The van der Waals surface area contributed by atoms with E-state index in [2.05, 4.69) is 15.6 Å². The van der Waals surface area contributed by atoms with Crippen LogP contribution in [0.25, 0.3) is 22.3 Å². The Bertz CT molecular complexity index is 1150. The van der Waals surface area contributed by atoms with Gasteiger partial charge in [0.05, 0.1) is 23.1 Å². The van der Waals surface area contributed by atoms with E-state index >= 15 is 0 Å². The molecule has 5 rings (SSSR count). The number of amides is 1. The minimum Gasteiger partial charge on any atom is -0.357 e. The van der Waals surface area contributed by atoms with Gasteiger partial charge in [0.1, 0.15) is 16.5 Å². The number of aryl methyl sites for hydroxylation is 1. The van der Waals surface area contributed by atoms with Gasteiger partial charge in [-0.2, -0.15) is 0 Å². The maximum atomic E-state index is 12.5. The molecule has 0 saturated carbocycles. The summed E-state index contributed by atoms with van der Waals surface area (Å²) in [7, 11) is 2.04. The number of rotatable bonds is 4. The normalized spacial score (nSPS) is 14.2. The molecule has 3 aromatic heterocycles. The average Bonchev–Trinajstić information content (AvgIpc) is 3.50. The summed E-state index contributed by atoms with van der Waals surface area (Å²) in [5.41, 5.74) is 4.63. The van der Waals surface area contributed by atoms with Crippen LogP contribution in [0.2, 0.25) is 0 Å². The lowest BCUT2D eigenvalue weighted by Crippen LogP contribution is -2.27. The van der Waals surface area contributed by atoms with E-state index in [0.29, 0.717) is 12.1 Å². The predicted molar refractivity (Wildman–Crippen MR) is 111 cm³/mol. The first-order chi connectivity index (χ1) is 13.7. The van der Waals surface area contributed by atoms with Crippen molar-refractivity contribution in [1.29, 1.82) is 0 Å². The molecule has 1 aliphatic rings. The van der Waals surface area contributed by atoms with Gasteiger partial charge in [-0.3, -0.25) is 4.79 Å². The van der Waals surface area contributed by atoms with Gasteiger partial charge in [-0.15, -0.1) is 11.3 Å². The molecule has 0 spiro atoms. The Morgan fingerprint density at radius 3 is 2.86 bits per heavy atom. The number of aromatic nitrogens is 4. The molecule has 0 bridgehead atoms. The van der Waals surface area contributed by atoms with Crippen LogP contribution >= 0.6 is 11.3 Å². The molecule has 6 nitrogen and oxygen atoms in total. The Morgan fingerprint density at radius 2 is 2.04 bits per heavy atom. The molecule has 1 saturated heterocycles.